The maximum atomic E-state index is 11.9. The molecule has 1 saturated heterocycles. The van der Waals surface area contributed by atoms with Crippen molar-refractivity contribution in [2.24, 2.45) is 0 Å². The molecule has 0 bridgehead atoms. The van der Waals surface area contributed by atoms with E-state index in [2.05, 4.69) is 0 Å². The molecule has 1 heterocycles. The minimum Gasteiger partial charge on any atom is -0.480 e. The maximum Gasteiger partial charge on any atom is 0.389 e. The van der Waals surface area contributed by atoms with Crippen LogP contribution >= 0.6 is 0 Å². The van der Waals surface area contributed by atoms with Gasteiger partial charge in [-0.05, 0) is 0 Å². The summed E-state index contributed by atoms with van der Waals surface area (Å²) >= 11 is 0. The van der Waals surface area contributed by atoms with Crippen molar-refractivity contribution < 1.29 is 33.0 Å². The Hall–Kier alpha value is -1.31. The molecule has 2 atom stereocenters. The molecule has 0 aliphatic carbocycles. The first-order valence-corrected chi connectivity index (χ1v) is 4.98. The molecule has 0 saturated carbocycles. The zero-order chi connectivity index (χ0) is 13.2. The van der Waals surface area contributed by atoms with E-state index in [4.69, 9.17) is 5.11 Å². The van der Waals surface area contributed by atoms with Gasteiger partial charge < -0.3 is 15.1 Å². The van der Waals surface area contributed by atoms with Crippen LogP contribution in [0.25, 0.3) is 0 Å². The second-order valence-electron chi connectivity index (χ2n) is 3.90. The van der Waals surface area contributed by atoms with Gasteiger partial charge in [0.1, 0.15) is 6.04 Å². The standard InChI is InChI=1S/C9H12F3NO4/c10-9(11,12)2-1-7(15)13-4-5(14)3-6(13)8(16)17/h5-6,14H,1-4H2,(H,16,17)/t5-,6+/m1/s1. The van der Waals surface area contributed by atoms with Crippen molar-refractivity contribution in [2.75, 3.05) is 6.54 Å². The number of nitrogens with zero attached hydrogens (tertiary/aromatic N) is 1. The van der Waals surface area contributed by atoms with E-state index >= 15 is 0 Å². The Morgan fingerprint density at radius 3 is 2.41 bits per heavy atom. The molecular weight excluding hydrogens is 243 g/mol. The van der Waals surface area contributed by atoms with Crippen molar-refractivity contribution in [2.45, 2.75) is 37.6 Å². The fraction of sp³-hybridized carbons (Fsp3) is 0.778. The summed E-state index contributed by atoms with van der Waals surface area (Å²) in [5, 5.41) is 18.0. The van der Waals surface area contributed by atoms with E-state index in [1.165, 1.54) is 0 Å². The van der Waals surface area contributed by atoms with Crippen molar-refractivity contribution in [1.82, 2.24) is 4.90 Å². The topological polar surface area (TPSA) is 77.8 Å². The highest BCUT2D eigenvalue weighted by atomic mass is 19.4. The summed E-state index contributed by atoms with van der Waals surface area (Å²) in [7, 11) is 0. The number of halogens is 3. The van der Waals surface area contributed by atoms with Crippen LogP contribution in [0.2, 0.25) is 0 Å². The first-order chi connectivity index (χ1) is 7.70. The number of amides is 1. The molecule has 1 aliphatic heterocycles. The molecule has 0 aromatic heterocycles. The van der Waals surface area contributed by atoms with E-state index in [9.17, 15) is 27.9 Å². The molecular formula is C9H12F3NO4. The minimum absolute atomic E-state index is 0.146. The summed E-state index contributed by atoms with van der Waals surface area (Å²) in [5.41, 5.74) is 0. The van der Waals surface area contributed by atoms with Gasteiger partial charge in [-0.25, -0.2) is 4.79 Å². The number of hydrogen-bond acceptors (Lipinski definition) is 3. The molecule has 0 spiro atoms. The molecule has 1 amide bonds. The predicted octanol–water partition coefficient (Wildman–Crippen LogP) is 0.375. The van der Waals surface area contributed by atoms with Crippen molar-refractivity contribution >= 4 is 11.9 Å². The third kappa shape index (κ3) is 3.88. The van der Waals surface area contributed by atoms with Gasteiger partial charge in [0, 0.05) is 19.4 Å². The average Bonchev–Trinajstić information content (AvgIpc) is 2.55. The van der Waals surface area contributed by atoms with E-state index in [0.29, 0.717) is 0 Å². The van der Waals surface area contributed by atoms with E-state index in [1.54, 1.807) is 0 Å². The molecule has 5 nitrogen and oxygen atoms in total. The van der Waals surface area contributed by atoms with Gasteiger partial charge in [-0.1, -0.05) is 0 Å². The normalized spacial score (nSPS) is 25.1. The molecule has 98 valence electrons. The number of carboxylic acid groups (broad SMARTS) is 1. The van der Waals surface area contributed by atoms with E-state index < -0.39 is 43.0 Å². The van der Waals surface area contributed by atoms with Gasteiger partial charge in [-0.3, -0.25) is 4.79 Å². The molecule has 17 heavy (non-hydrogen) atoms. The van der Waals surface area contributed by atoms with Crippen LogP contribution in [0.1, 0.15) is 19.3 Å². The lowest BCUT2D eigenvalue weighted by Crippen LogP contribution is -2.40. The Bertz CT molecular complexity index is 318. The third-order valence-corrected chi connectivity index (χ3v) is 2.51. The summed E-state index contributed by atoms with van der Waals surface area (Å²) in [5.74, 6) is -2.21. The fourth-order valence-corrected chi connectivity index (χ4v) is 1.72. The van der Waals surface area contributed by atoms with Crippen LogP contribution in [-0.4, -0.2) is 51.9 Å². The Morgan fingerprint density at radius 2 is 1.94 bits per heavy atom. The van der Waals surface area contributed by atoms with Crippen LogP contribution in [0.5, 0.6) is 0 Å². The van der Waals surface area contributed by atoms with E-state index in [1.807, 2.05) is 0 Å². The monoisotopic (exact) mass is 255 g/mol. The molecule has 0 aromatic carbocycles. The Balaban J connectivity index is 2.59. The van der Waals surface area contributed by atoms with Gasteiger partial charge in [0.25, 0.3) is 0 Å². The lowest BCUT2D eigenvalue weighted by Gasteiger charge is -2.21. The summed E-state index contributed by atoms with van der Waals surface area (Å²) in [6.45, 7) is -0.229. The van der Waals surface area contributed by atoms with E-state index in [-0.39, 0.29) is 13.0 Å². The van der Waals surface area contributed by atoms with Crippen molar-refractivity contribution in [3.05, 3.63) is 0 Å². The van der Waals surface area contributed by atoms with Gasteiger partial charge in [-0.15, -0.1) is 0 Å². The van der Waals surface area contributed by atoms with Crippen LogP contribution in [0.15, 0.2) is 0 Å². The fourth-order valence-electron chi connectivity index (χ4n) is 1.72. The first-order valence-electron chi connectivity index (χ1n) is 4.98. The largest absolute Gasteiger partial charge is 0.480 e. The molecule has 2 N–H and O–H groups in total. The molecule has 1 aliphatic rings. The van der Waals surface area contributed by atoms with Gasteiger partial charge in [0.15, 0.2) is 0 Å². The quantitative estimate of drug-likeness (QED) is 0.764. The maximum absolute atomic E-state index is 11.9. The van der Waals surface area contributed by atoms with Crippen LogP contribution in [0.4, 0.5) is 13.2 Å². The molecule has 0 aromatic rings. The summed E-state index contributed by atoms with van der Waals surface area (Å²) < 4.78 is 35.7. The number of likely N-dealkylation sites (tertiary alicyclic amines) is 1. The molecule has 8 heteroatoms. The molecule has 0 radical (unpaired) electrons. The highest BCUT2D eigenvalue weighted by Crippen LogP contribution is 2.24. The number of aliphatic hydroxyl groups is 1. The molecule has 1 fully saturated rings. The Labute approximate surface area is 94.8 Å². The minimum atomic E-state index is -4.45. The predicted molar refractivity (Wildman–Crippen MR) is 49.0 cm³/mol. The summed E-state index contributed by atoms with van der Waals surface area (Å²) in [6, 6.07) is -1.23. The zero-order valence-electron chi connectivity index (χ0n) is 8.78. The first kappa shape index (κ1) is 13.8. The van der Waals surface area contributed by atoms with Crippen molar-refractivity contribution in [3.63, 3.8) is 0 Å². The van der Waals surface area contributed by atoms with Crippen molar-refractivity contribution in [1.29, 1.82) is 0 Å². The second-order valence-corrected chi connectivity index (χ2v) is 3.90. The number of hydrogen-bond donors (Lipinski definition) is 2. The van der Waals surface area contributed by atoms with Crippen molar-refractivity contribution in [3.8, 4) is 0 Å². The number of carbonyl (C=O) groups excluding carboxylic acids is 1. The molecule has 1 rings (SSSR count). The lowest BCUT2D eigenvalue weighted by molar-refractivity contribution is -0.154. The van der Waals surface area contributed by atoms with Crippen LogP contribution < -0.4 is 0 Å². The number of aliphatic hydroxyl groups excluding tert-OH is 1. The second kappa shape index (κ2) is 4.91. The van der Waals surface area contributed by atoms with Crippen LogP contribution in [0, 0.1) is 0 Å². The number of alkyl halides is 3. The highest BCUT2D eigenvalue weighted by Gasteiger charge is 2.39. The van der Waals surface area contributed by atoms with Gasteiger partial charge >= 0.3 is 12.1 Å². The average molecular weight is 255 g/mol. The lowest BCUT2D eigenvalue weighted by atomic mass is 10.2. The molecule has 0 unspecified atom stereocenters. The SMILES string of the molecule is O=C(O)[C@@H]1C[C@@H](O)CN1C(=O)CCC(F)(F)F. The summed E-state index contributed by atoms with van der Waals surface area (Å²) in [4.78, 5) is 22.9. The number of rotatable bonds is 3. The Kier molecular flexibility index (Phi) is 3.97. The van der Waals surface area contributed by atoms with Crippen LogP contribution in [0.3, 0.4) is 0 Å². The summed E-state index contributed by atoms with van der Waals surface area (Å²) in [6.07, 6.45) is -7.67. The van der Waals surface area contributed by atoms with Crippen LogP contribution in [-0.2, 0) is 9.59 Å². The highest BCUT2D eigenvalue weighted by molar-refractivity contribution is 5.84. The Morgan fingerprint density at radius 1 is 1.35 bits per heavy atom. The van der Waals surface area contributed by atoms with Gasteiger partial charge in [0.2, 0.25) is 5.91 Å². The smallest absolute Gasteiger partial charge is 0.389 e. The van der Waals surface area contributed by atoms with Gasteiger partial charge in [-0.2, -0.15) is 13.2 Å². The zero-order valence-corrected chi connectivity index (χ0v) is 8.78. The number of carboxylic acids is 1. The number of aliphatic carboxylic acids is 1. The number of carbonyl (C=O) groups is 2. The number of β-amino-alcohol motifs (C(OH)–C–C–N with tert-alkyl or cyclic N) is 1. The van der Waals surface area contributed by atoms with E-state index in [0.717, 1.165) is 4.90 Å². The third-order valence-electron chi connectivity index (χ3n) is 2.51. The van der Waals surface area contributed by atoms with Gasteiger partial charge in [0.05, 0.1) is 12.5 Å².